The van der Waals surface area contributed by atoms with E-state index in [0.717, 1.165) is 4.90 Å². The summed E-state index contributed by atoms with van der Waals surface area (Å²) in [6.45, 7) is -0.540. The molecule has 11 heteroatoms. The predicted octanol–water partition coefficient (Wildman–Crippen LogP) is 4.15. The Hall–Kier alpha value is -3.18. The van der Waals surface area contributed by atoms with Crippen LogP contribution in [0.25, 0.3) is 6.08 Å². The zero-order valence-corrected chi connectivity index (χ0v) is 18.5. The maximum absolute atomic E-state index is 12.5. The highest BCUT2D eigenvalue weighted by Gasteiger charge is 2.36. The lowest BCUT2D eigenvalue weighted by atomic mass is 10.1. The van der Waals surface area contributed by atoms with Crippen molar-refractivity contribution in [2.45, 2.75) is 6.61 Å². The van der Waals surface area contributed by atoms with Crippen LogP contribution < -0.4 is 4.74 Å². The van der Waals surface area contributed by atoms with Crippen molar-refractivity contribution in [3.05, 3.63) is 73.1 Å². The first-order valence-electron chi connectivity index (χ1n) is 8.77. The highest BCUT2D eigenvalue weighted by molar-refractivity contribution is 9.10. The Morgan fingerprint density at radius 1 is 1.26 bits per heavy atom. The molecule has 0 N–H and O–H groups in total. The normalized spacial score (nSPS) is 14.8. The van der Waals surface area contributed by atoms with Crippen molar-refractivity contribution >= 4 is 56.6 Å². The van der Waals surface area contributed by atoms with Gasteiger partial charge >= 0.3 is 5.97 Å². The summed E-state index contributed by atoms with van der Waals surface area (Å²) < 4.78 is 11.0. The quantitative estimate of drug-likeness (QED) is 0.238. The number of nitro groups is 1. The number of nitrogens with zero attached hydrogens (tertiary/aromatic N) is 2. The molecule has 0 spiro atoms. The summed E-state index contributed by atoms with van der Waals surface area (Å²) in [6.07, 6.45) is 1.47. The van der Waals surface area contributed by atoms with Crippen molar-refractivity contribution < 1.29 is 28.8 Å². The SMILES string of the molecule is COC(=O)CN1C(=O)S/C(=C\c2cc(Br)ccc2OCc2ccccc2[N+](=O)[O-])C1=O. The Morgan fingerprint density at radius 3 is 2.71 bits per heavy atom. The Morgan fingerprint density at radius 2 is 2.00 bits per heavy atom. The van der Waals surface area contributed by atoms with Crippen molar-refractivity contribution in [1.82, 2.24) is 4.90 Å². The Kier molecular flexibility index (Phi) is 7.08. The fraction of sp³-hybridized carbons (Fsp3) is 0.150. The zero-order chi connectivity index (χ0) is 22.5. The van der Waals surface area contributed by atoms with Crippen LogP contribution in [0, 0.1) is 10.1 Å². The topological polar surface area (TPSA) is 116 Å². The van der Waals surface area contributed by atoms with Gasteiger partial charge < -0.3 is 9.47 Å². The van der Waals surface area contributed by atoms with Crippen LogP contribution in [0.15, 0.2) is 51.8 Å². The molecule has 1 fully saturated rings. The van der Waals surface area contributed by atoms with Crippen LogP contribution in [-0.2, 0) is 20.9 Å². The number of nitro benzene ring substituents is 1. The smallest absolute Gasteiger partial charge is 0.325 e. The van der Waals surface area contributed by atoms with E-state index in [9.17, 15) is 24.5 Å². The number of methoxy groups -OCH3 is 1. The van der Waals surface area contributed by atoms with Crippen molar-refractivity contribution in [1.29, 1.82) is 0 Å². The summed E-state index contributed by atoms with van der Waals surface area (Å²) in [6, 6.07) is 11.3. The van der Waals surface area contributed by atoms with E-state index in [1.165, 1.54) is 19.3 Å². The molecular formula is C20H15BrN2O7S. The van der Waals surface area contributed by atoms with E-state index >= 15 is 0 Å². The van der Waals surface area contributed by atoms with Gasteiger partial charge in [0.2, 0.25) is 0 Å². The molecule has 2 aromatic rings. The number of rotatable bonds is 7. The van der Waals surface area contributed by atoms with Crippen LogP contribution in [0.1, 0.15) is 11.1 Å². The number of imide groups is 1. The lowest BCUT2D eigenvalue weighted by Crippen LogP contribution is -2.34. The van der Waals surface area contributed by atoms with Crippen LogP contribution >= 0.6 is 27.7 Å². The molecule has 9 nitrogen and oxygen atoms in total. The number of carbonyl (C=O) groups is 3. The first-order valence-corrected chi connectivity index (χ1v) is 10.4. The number of benzene rings is 2. The van der Waals surface area contributed by atoms with Gasteiger partial charge in [-0.05, 0) is 42.1 Å². The van der Waals surface area contributed by atoms with Crippen molar-refractivity contribution in [2.24, 2.45) is 0 Å². The van der Waals surface area contributed by atoms with E-state index in [4.69, 9.17) is 4.74 Å². The second kappa shape index (κ2) is 9.75. The molecule has 2 amide bonds. The van der Waals surface area contributed by atoms with Gasteiger partial charge in [0.1, 0.15) is 18.9 Å². The zero-order valence-electron chi connectivity index (χ0n) is 16.1. The summed E-state index contributed by atoms with van der Waals surface area (Å²) in [7, 11) is 1.17. The van der Waals surface area contributed by atoms with Crippen LogP contribution in [0.3, 0.4) is 0 Å². The number of halogens is 1. The second-order valence-electron chi connectivity index (χ2n) is 6.20. The summed E-state index contributed by atoms with van der Waals surface area (Å²) in [5.41, 5.74) is 0.807. The fourth-order valence-corrected chi connectivity index (χ4v) is 3.91. The third-order valence-corrected chi connectivity index (χ3v) is 5.62. The molecule has 2 aromatic carbocycles. The number of amides is 2. The van der Waals surface area contributed by atoms with Crippen LogP contribution in [-0.4, -0.2) is 40.6 Å². The molecule has 1 saturated heterocycles. The van der Waals surface area contributed by atoms with Gasteiger partial charge in [-0.2, -0.15) is 0 Å². The van der Waals surface area contributed by atoms with Gasteiger partial charge in [-0.1, -0.05) is 28.1 Å². The minimum absolute atomic E-state index is 0.0647. The number of hydrogen-bond donors (Lipinski definition) is 0. The molecule has 0 bridgehead atoms. The van der Waals surface area contributed by atoms with Gasteiger partial charge in [-0.15, -0.1) is 0 Å². The average Bonchev–Trinajstić information content (AvgIpc) is 3.00. The van der Waals surface area contributed by atoms with Crippen LogP contribution in [0.4, 0.5) is 10.5 Å². The molecule has 160 valence electrons. The molecule has 0 atom stereocenters. The van der Waals surface area contributed by atoms with Crippen molar-refractivity contribution in [3.63, 3.8) is 0 Å². The lowest BCUT2D eigenvalue weighted by molar-refractivity contribution is -0.385. The molecule has 0 saturated carbocycles. The summed E-state index contributed by atoms with van der Waals surface area (Å²) in [5.74, 6) is -0.967. The highest BCUT2D eigenvalue weighted by atomic mass is 79.9. The molecule has 0 radical (unpaired) electrons. The van der Waals surface area contributed by atoms with Gasteiger partial charge in [0.05, 0.1) is 22.5 Å². The first-order chi connectivity index (χ1) is 14.8. The third kappa shape index (κ3) is 5.30. The number of thioether (sulfide) groups is 1. The molecule has 1 heterocycles. The molecule has 3 rings (SSSR count). The maximum atomic E-state index is 12.5. The van der Waals surface area contributed by atoms with Crippen molar-refractivity contribution in [2.75, 3.05) is 13.7 Å². The minimum Gasteiger partial charge on any atom is -0.488 e. The van der Waals surface area contributed by atoms with Crippen LogP contribution in [0.5, 0.6) is 5.75 Å². The van der Waals surface area contributed by atoms with E-state index in [2.05, 4.69) is 20.7 Å². The number of hydrogen-bond acceptors (Lipinski definition) is 8. The monoisotopic (exact) mass is 506 g/mol. The minimum atomic E-state index is -0.709. The van der Waals surface area contributed by atoms with Crippen LogP contribution in [0.2, 0.25) is 0 Å². The summed E-state index contributed by atoms with van der Waals surface area (Å²) in [4.78, 5) is 47.7. The molecule has 1 aliphatic heterocycles. The summed E-state index contributed by atoms with van der Waals surface area (Å²) in [5, 5.41) is 10.6. The molecular weight excluding hydrogens is 492 g/mol. The van der Waals surface area contributed by atoms with E-state index in [1.807, 2.05) is 0 Å². The number of ether oxygens (including phenoxy) is 2. The van der Waals surface area contributed by atoms with E-state index in [1.54, 1.807) is 36.4 Å². The number of para-hydroxylation sites is 1. The molecule has 0 aliphatic carbocycles. The Balaban J connectivity index is 1.86. The van der Waals surface area contributed by atoms with Gasteiger partial charge in [-0.3, -0.25) is 29.4 Å². The number of esters is 1. The molecule has 0 unspecified atom stereocenters. The molecule has 31 heavy (non-hydrogen) atoms. The molecule has 0 aromatic heterocycles. The van der Waals surface area contributed by atoms with E-state index < -0.39 is 28.6 Å². The maximum Gasteiger partial charge on any atom is 0.325 e. The lowest BCUT2D eigenvalue weighted by Gasteiger charge is -2.11. The third-order valence-electron chi connectivity index (χ3n) is 4.22. The van der Waals surface area contributed by atoms with Gasteiger partial charge in [0.25, 0.3) is 16.8 Å². The highest BCUT2D eigenvalue weighted by Crippen LogP contribution is 2.35. The van der Waals surface area contributed by atoms with E-state index in [0.29, 0.717) is 33.1 Å². The molecule has 1 aliphatic rings. The number of carbonyl (C=O) groups excluding carboxylic acids is 3. The Bertz CT molecular complexity index is 1100. The predicted molar refractivity (Wildman–Crippen MR) is 116 cm³/mol. The van der Waals surface area contributed by atoms with Gasteiger partial charge in [0.15, 0.2) is 0 Å². The van der Waals surface area contributed by atoms with Gasteiger partial charge in [-0.25, -0.2) is 0 Å². The first kappa shape index (κ1) is 22.5. The van der Waals surface area contributed by atoms with Crippen molar-refractivity contribution in [3.8, 4) is 5.75 Å². The summed E-state index contributed by atoms with van der Waals surface area (Å²) >= 11 is 4.04. The second-order valence-corrected chi connectivity index (χ2v) is 8.11. The van der Waals surface area contributed by atoms with E-state index in [-0.39, 0.29) is 17.2 Å². The van der Waals surface area contributed by atoms with Gasteiger partial charge in [0, 0.05) is 16.1 Å². The standard InChI is InChI=1S/C20H15BrN2O7S/c1-29-18(24)10-22-19(25)17(31-20(22)26)9-13-8-14(21)6-7-16(13)30-11-12-4-2-3-5-15(12)23(27)28/h2-9H,10-11H2,1H3/b17-9-. The average molecular weight is 507 g/mol. The fourth-order valence-electron chi connectivity index (χ4n) is 2.70. The largest absolute Gasteiger partial charge is 0.488 e. The Labute approximate surface area is 189 Å².